The Bertz CT molecular complexity index is 405. The number of aromatic nitrogens is 2. The summed E-state index contributed by atoms with van der Waals surface area (Å²) in [6.07, 6.45) is 5.22. The first kappa shape index (κ1) is 14.3. The molecule has 0 atom stereocenters. The molecule has 1 aromatic rings. The zero-order chi connectivity index (χ0) is 13.7. The standard InChI is InChI=1S/C12H21ClN6/c1-19-6-3-9(4-7-19)2-5-15-11-10(13)8-16-12(17-11)18-14/h8-9H,2-7,14H2,1H3,(H2,15,16,17,18). The lowest BCUT2D eigenvalue weighted by Crippen LogP contribution is -2.30. The van der Waals surface area contributed by atoms with Gasteiger partial charge in [0.25, 0.3) is 0 Å². The zero-order valence-corrected chi connectivity index (χ0v) is 12.0. The molecule has 19 heavy (non-hydrogen) atoms. The van der Waals surface area contributed by atoms with Crippen LogP contribution in [0, 0.1) is 5.92 Å². The second kappa shape index (κ2) is 6.88. The van der Waals surface area contributed by atoms with Crippen molar-refractivity contribution in [1.82, 2.24) is 14.9 Å². The van der Waals surface area contributed by atoms with E-state index in [0.29, 0.717) is 16.8 Å². The number of nitrogens with zero attached hydrogens (tertiary/aromatic N) is 3. The highest BCUT2D eigenvalue weighted by Crippen LogP contribution is 2.22. The van der Waals surface area contributed by atoms with Crippen molar-refractivity contribution in [3.05, 3.63) is 11.2 Å². The molecule has 0 aliphatic carbocycles. The van der Waals surface area contributed by atoms with E-state index in [1.165, 1.54) is 25.9 Å². The Hall–Kier alpha value is -1.11. The van der Waals surface area contributed by atoms with Crippen LogP contribution in [0.15, 0.2) is 6.20 Å². The Balaban J connectivity index is 1.79. The number of piperidine rings is 1. The third kappa shape index (κ3) is 4.19. The number of anilines is 2. The van der Waals surface area contributed by atoms with Gasteiger partial charge in [-0.05, 0) is 45.3 Å². The minimum absolute atomic E-state index is 0.367. The maximum Gasteiger partial charge on any atom is 0.239 e. The molecule has 0 saturated carbocycles. The molecule has 106 valence electrons. The van der Waals surface area contributed by atoms with Crippen molar-refractivity contribution in [2.75, 3.05) is 37.4 Å². The molecule has 0 aromatic carbocycles. The Morgan fingerprint density at radius 2 is 2.21 bits per heavy atom. The van der Waals surface area contributed by atoms with Gasteiger partial charge in [-0.1, -0.05) is 11.6 Å². The van der Waals surface area contributed by atoms with Crippen LogP contribution in [-0.2, 0) is 0 Å². The third-order valence-corrected chi connectivity index (χ3v) is 3.83. The lowest BCUT2D eigenvalue weighted by molar-refractivity contribution is 0.215. The molecule has 7 heteroatoms. The highest BCUT2D eigenvalue weighted by atomic mass is 35.5. The van der Waals surface area contributed by atoms with E-state index in [0.717, 1.165) is 18.9 Å². The fraction of sp³-hybridized carbons (Fsp3) is 0.667. The Labute approximate surface area is 118 Å². The van der Waals surface area contributed by atoms with Crippen LogP contribution in [0.25, 0.3) is 0 Å². The number of hydrogen-bond donors (Lipinski definition) is 3. The van der Waals surface area contributed by atoms with Gasteiger partial charge in [0.2, 0.25) is 5.95 Å². The first-order valence-electron chi connectivity index (χ1n) is 6.60. The number of nitrogens with one attached hydrogen (secondary N) is 2. The average Bonchev–Trinajstić information content (AvgIpc) is 2.43. The third-order valence-electron chi connectivity index (χ3n) is 3.56. The van der Waals surface area contributed by atoms with Crippen LogP contribution in [-0.4, -0.2) is 41.5 Å². The maximum absolute atomic E-state index is 6.03. The molecule has 2 heterocycles. The lowest BCUT2D eigenvalue weighted by Gasteiger charge is -2.28. The molecule has 0 bridgehead atoms. The molecule has 1 aromatic heterocycles. The maximum atomic E-state index is 6.03. The second-order valence-electron chi connectivity index (χ2n) is 5.00. The van der Waals surface area contributed by atoms with Crippen molar-refractivity contribution in [1.29, 1.82) is 0 Å². The number of hydrogen-bond acceptors (Lipinski definition) is 6. The first-order chi connectivity index (χ1) is 9.19. The van der Waals surface area contributed by atoms with Gasteiger partial charge in [-0.25, -0.2) is 10.8 Å². The van der Waals surface area contributed by atoms with Crippen molar-refractivity contribution >= 4 is 23.4 Å². The van der Waals surface area contributed by atoms with Crippen LogP contribution in [0.3, 0.4) is 0 Å². The average molecular weight is 285 g/mol. The van der Waals surface area contributed by atoms with E-state index in [1.807, 2.05) is 0 Å². The fourth-order valence-electron chi connectivity index (χ4n) is 2.31. The highest BCUT2D eigenvalue weighted by molar-refractivity contribution is 6.32. The molecule has 0 unspecified atom stereocenters. The fourth-order valence-corrected chi connectivity index (χ4v) is 2.46. The number of rotatable bonds is 5. The van der Waals surface area contributed by atoms with Crippen molar-refractivity contribution in [3.8, 4) is 0 Å². The predicted octanol–water partition coefficient (Wildman–Crippen LogP) is 1.56. The van der Waals surface area contributed by atoms with Gasteiger partial charge in [0.15, 0.2) is 5.82 Å². The van der Waals surface area contributed by atoms with Crippen LogP contribution >= 0.6 is 11.6 Å². The number of halogens is 1. The summed E-state index contributed by atoms with van der Waals surface area (Å²) < 4.78 is 0. The van der Waals surface area contributed by atoms with Crippen LogP contribution < -0.4 is 16.6 Å². The summed E-state index contributed by atoms with van der Waals surface area (Å²) in [5.74, 6) is 7.07. The SMILES string of the molecule is CN1CCC(CCNc2nc(NN)ncc2Cl)CC1. The number of nitrogen functional groups attached to an aromatic ring is 1. The lowest BCUT2D eigenvalue weighted by atomic mass is 9.94. The van der Waals surface area contributed by atoms with E-state index in [1.54, 1.807) is 6.20 Å². The summed E-state index contributed by atoms with van der Waals surface area (Å²) in [6.45, 7) is 3.26. The summed E-state index contributed by atoms with van der Waals surface area (Å²) in [6, 6.07) is 0. The van der Waals surface area contributed by atoms with Crippen LogP contribution in [0.2, 0.25) is 5.02 Å². The molecule has 4 N–H and O–H groups in total. The highest BCUT2D eigenvalue weighted by Gasteiger charge is 2.16. The van der Waals surface area contributed by atoms with Crippen LogP contribution in [0.4, 0.5) is 11.8 Å². The van der Waals surface area contributed by atoms with Gasteiger partial charge in [0.1, 0.15) is 5.02 Å². The first-order valence-corrected chi connectivity index (χ1v) is 6.98. The monoisotopic (exact) mass is 284 g/mol. The molecule has 0 radical (unpaired) electrons. The van der Waals surface area contributed by atoms with Crippen molar-refractivity contribution in [2.45, 2.75) is 19.3 Å². The number of hydrazine groups is 1. The Kier molecular flexibility index (Phi) is 5.18. The number of likely N-dealkylation sites (tertiary alicyclic amines) is 1. The molecule has 1 aliphatic heterocycles. The molecule has 2 rings (SSSR count). The minimum atomic E-state index is 0.367. The molecule has 0 spiro atoms. The Morgan fingerprint density at radius 3 is 2.89 bits per heavy atom. The van der Waals surface area contributed by atoms with Gasteiger partial charge in [0, 0.05) is 6.54 Å². The zero-order valence-electron chi connectivity index (χ0n) is 11.2. The van der Waals surface area contributed by atoms with Crippen LogP contribution in [0.1, 0.15) is 19.3 Å². The van der Waals surface area contributed by atoms with E-state index in [9.17, 15) is 0 Å². The van der Waals surface area contributed by atoms with E-state index in [-0.39, 0.29) is 0 Å². The Morgan fingerprint density at radius 1 is 1.47 bits per heavy atom. The van der Waals surface area contributed by atoms with E-state index < -0.39 is 0 Å². The van der Waals surface area contributed by atoms with E-state index in [2.05, 4.69) is 32.7 Å². The summed E-state index contributed by atoms with van der Waals surface area (Å²) in [7, 11) is 2.18. The molecular formula is C12H21ClN6. The van der Waals surface area contributed by atoms with Gasteiger partial charge in [-0.2, -0.15) is 4.98 Å². The van der Waals surface area contributed by atoms with Crippen molar-refractivity contribution < 1.29 is 0 Å². The van der Waals surface area contributed by atoms with Crippen molar-refractivity contribution in [3.63, 3.8) is 0 Å². The van der Waals surface area contributed by atoms with Crippen molar-refractivity contribution in [2.24, 2.45) is 11.8 Å². The van der Waals surface area contributed by atoms with Crippen LogP contribution in [0.5, 0.6) is 0 Å². The second-order valence-corrected chi connectivity index (χ2v) is 5.40. The molecular weight excluding hydrogens is 264 g/mol. The topological polar surface area (TPSA) is 79.1 Å². The van der Waals surface area contributed by atoms with Gasteiger partial charge in [0.05, 0.1) is 6.20 Å². The summed E-state index contributed by atoms with van der Waals surface area (Å²) in [5, 5.41) is 3.77. The van der Waals surface area contributed by atoms with Gasteiger partial charge in [-0.3, -0.25) is 5.43 Å². The van der Waals surface area contributed by atoms with Gasteiger partial charge in [-0.15, -0.1) is 0 Å². The summed E-state index contributed by atoms with van der Waals surface area (Å²) in [4.78, 5) is 10.5. The summed E-state index contributed by atoms with van der Waals surface area (Å²) >= 11 is 6.03. The molecule has 1 aliphatic rings. The van der Waals surface area contributed by atoms with Gasteiger partial charge < -0.3 is 10.2 Å². The molecule has 6 nitrogen and oxygen atoms in total. The smallest absolute Gasteiger partial charge is 0.239 e. The van der Waals surface area contributed by atoms with E-state index in [4.69, 9.17) is 17.4 Å². The normalized spacial score (nSPS) is 17.4. The quantitative estimate of drug-likeness (QED) is 0.562. The van der Waals surface area contributed by atoms with Gasteiger partial charge >= 0.3 is 0 Å². The molecule has 0 amide bonds. The molecule has 1 saturated heterocycles. The summed E-state index contributed by atoms with van der Waals surface area (Å²) in [5.41, 5.74) is 2.41. The predicted molar refractivity (Wildman–Crippen MR) is 78.2 cm³/mol. The molecule has 1 fully saturated rings. The largest absolute Gasteiger partial charge is 0.369 e. The number of nitrogens with two attached hydrogens (primary N) is 1. The minimum Gasteiger partial charge on any atom is -0.369 e. The van der Waals surface area contributed by atoms with E-state index >= 15 is 0 Å².